The molecule has 6 unspecified atom stereocenters. The molecule has 58 heavy (non-hydrogen) atoms. The van der Waals surface area contributed by atoms with Gasteiger partial charge in [-0.05, 0) is 35.4 Å². The Morgan fingerprint density at radius 1 is 0.638 bits per heavy atom. The summed E-state index contributed by atoms with van der Waals surface area (Å²) < 4.78 is 32.2. The summed E-state index contributed by atoms with van der Waals surface area (Å²) in [5, 5.41) is 98.0. The molecular weight excluding hydrogens is 760 g/mol. The van der Waals surface area contributed by atoms with Crippen LogP contribution in [0.1, 0.15) is 34.5 Å². The molecule has 3 aliphatic rings. The van der Waals surface area contributed by atoms with Gasteiger partial charge in [-0.25, -0.2) is 0 Å². The average molecular weight is 809 g/mol. The lowest BCUT2D eigenvalue weighted by Gasteiger charge is -2.32. The molecule has 6 atom stereocenters. The van der Waals surface area contributed by atoms with Crippen LogP contribution in [0.3, 0.4) is 0 Å². The summed E-state index contributed by atoms with van der Waals surface area (Å²) in [6.07, 6.45) is -0.341. The number of aliphatic hydroxyl groups excluding tert-OH is 3. The van der Waals surface area contributed by atoms with E-state index in [9.17, 15) is 51.1 Å². The monoisotopic (exact) mass is 808 g/mol. The standard InChI is InChI=1S/C21H24O8.C15H14O6.C6H10O2/c1-2-5-27-10-14(23)11-28-19-7-13(22)8-20-15(19)9-18(26)21(29-20)12-3-4-16(24)17(25)6-12;16-8-4-11(18)9-6-13(20)15(21-14(9)5-8)7-1-2-10(17)12(19)3-7;1-2-3-7-4-6-5-8-6/h2-4,6-8,14,18,21-26H,1,5,9-11H2;1-5,13,15-20H,6H2;2,6H,1,3-5H2. The fourth-order valence-electron chi connectivity index (χ4n) is 6.01. The van der Waals surface area contributed by atoms with Gasteiger partial charge < -0.3 is 79.5 Å². The van der Waals surface area contributed by atoms with Crippen LogP contribution in [0.25, 0.3) is 0 Å². The van der Waals surface area contributed by atoms with Crippen molar-refractivity contribution in [2.75, 3.05) is 39.6 Å². The second kappa shape index (κ2) is 20.0. The number of fused-ring (bicyclic) bond motifs is 2. The fraction of sp³-hybridized carbons (Fsp3) is 0.333. The third kappa shape index (κ3) is 11.6. The van der Waals surface area contributed by atoms with E-state index in [0.717, 1.165) is 13.2 Å². The molecule has 0 saturated carbocycles. The van der Waals surface area contributed by atoms with Gasteiger partial charge in [-0.2, -0.15) is 0 Å². The molecule has 16 nitrogen and oxygen atoms in total. The van der Waals surface area contributed by atoms with Crippen LogP contribution in [-0.4, -0.2) is 115 Å². The first-order chi connectivity index (χ1) is 27.8. The van der Waals surface area contributed by atoms with E-state index in [1.165, 1.54) is 60.7 Å². The lowest BCUT2D eigenvalue weighted by molar-refractivity contribution is 0.0133. The topological polar surface area (TPSA) is 261 Å². The first-order valence-electron chi connectivity index (χ1n) is 18.2. The van der Waals surface area contributed by atoms with Crippen LogP contribution < -0.4 is 14.2 Å². The molecule has 0 radical (unpaired) electrons. The first-order valence-corrected chi connectivity index (χ1v) is 18.2. The normalized spacial score (nSPS) is 20.5. The lowest BCUT2D eigenvalue weighted by Crippen LogP contribution is -2.31. The number of phenols is 7. The number of hydrogen-bond acceptors (Lipinski definition) is 16. The maximum Gasteiger partial charge on any atom is 0.157 e. The van der Waals surface area contributed by atoms with Crippen LogP contribution in [0.5, 0.6) is 57.5 Å². The van der Waals surface area contributed by atoms with Crippen LogP contribution in [0.4, 0.5) is 0 Å². The van der Waals surface area contributed by atoms with Gasteiger partial charge in [0.05, 0.1) is 45.2 Å². The fourth-order valence-corrected chi connectivity index (χ4v) is 6.01. The minimum absolute atomic E-state index is 0.0680. The Morgan fingerprint density at radius 2 is 1.16 bits per heavy atom. The summed E-state index contributed by atoms with van der Waals surface area (Å²) in [6.45, 7) is 9.58. The molecule has 3 aliphatic heterocycles. The van der Waals surface area contributed by atoms with E-state index in [1.54, 1.807) is 12.2 Å². The maximum absolute atomic E-state index is 10.6. The van der Waals surface area contributed by atoms with Crippen molar-refractivity contribution in [1.82, 2.24) is 0 Å². The molecule has 0 aliphatic carbocycles. The molecule has 1 fully saturated rings. The van der Waals surface area contributed by atoms with Gasteiger partial charge in [0.1, 0.15) is 65.5 Å². The summed E-state index contributed by atoms with van der Waals surface area (Å²) in [5.41, 5.74) is 1.92. The second-order valence-corrected chi connectivity index (χ2v) is 13.6. The van der Waals surface area contributed by atoms with Crippen LogP contribution in [0.2, 0.25) is 0 Å². The molecule has 16 heteroatoms. The van der Waals surface area contributed by atoms with Crippen molar-refractivity contribution < 1.29 is 79.5 Å². The van der Waals surface area contributed by atoms with Crippen LogP contribution in [0.15, 0.2) is 86.0 Å². The Kier molecular flexibility index (Phi) is 14.9. The summed E-state index contributed by atoms with van der Waals surface area (Å²) in [4.78, 5) is 0. The highest BCUT2D eigenvalue weighted by Gasteiger charge is 2.34. The molecule has 10 N–H and O–H groups in total. The third-order valence-electron chi connectivity index (χ3n) is 8.93. The van der Waals surface area contributed by atoms with Crippen molar-refractivity contribution in [2.24, 2.45) is 0 Å². The van der Waals surface area contributed by atoms with E-state index in [1.807, 2.05) is 0 Å². The Labute approximate surface area is 333 Å². The Hall–Kier alpha value is -5.88. The molecule has 4 aromatic rings. The van der Waals surface area contributed by atoms with Crippen LogP contribution in [0, 0.1) is 0 Å². The van der Waals surface area contributed by atoms with Gasteiger partial charge in [0.2, 0.25) is 0 Å². The smallest absolute Gasteiger partial charge is 0.157 e. The molecular formula is C42H48O16. The van der Waals surface area contributed by atoms with Crippen molar-refractivity contribution in [3.05, 3.63) is 108 Å². The number of hydrogen-bond donors (Lipinski definition) is 10. The number of aromatic hydroxyl groups is 7. The van der Waals surface area contributed by atoms with E-state index in [0.29, 0.717) is 47.3 Å². The third-order valence-corrected chi connectivity index (χ3v) is 8.93. The predicted molar refractivity (Wildman–Crippen MR) is 207 cm³/mol. The zero-order chi connectivity index (χ0) is 41.9. The molecule has 4 aromatic carbocycles. The largest absolute Gasteiger partial charge is 0.508 e. The zero-order valence-corrected chi connectivity index (χ0v) is 31.4. The highest BCUT2D eigenvalue weighted by Crippen LogP contribution is 2.44. The molecule has 0 spiro atoms. The van der Waals surface area contributed by atoms with E-state index in [4.69, 9.17) is 28.4 Å². The predicted octanol–water partition coefficient (Wildman–Crippen LogP) is 3.92. The highest BCUT2D eigenvalue weighted by atomic mass is 16.6. The molecule has 7 rings (SSSR count). The van der Waals surface area contributed by atoms with Gasteiger partial charge in [-0.15, -0.1) is 13.2 Å². The molecule has 312 valence electrons. The van der Waals surface area contributed by atoms with Crippen molar-refractivity contribution in [3.63, 3.8) is 0 Å². The van der Waals surface area contributed by atoms with Gasteiger partial charge in [0.25, 0.3) is 0 Å². The van der Waals surface area contributed by atoms with E-state index < -0.39 is 30.5 Å². The minimum Gasteiger partial charge on any atom is -0.508 e. The summed E-state index contributed by atoms with van der Waals surface area (Å²) >= 11 is 0. The van der Waals surface area contributed by atoms with Crippen molar-refractivity contribution in [1.29, 1.82) is 0 Å². The number of epoxide rings is 1. The highest BCUT2D eigenvalue weighted by molar-refractivity contribution is 5.54. The number of rotatable bonds is 13. The number of aliphatic hydroxyl groups is 3. The Balaban J connectivity index is 0.000000191. The van der Waals surface area contributed by atoms with Crippen molar-refractivity contribution >= 4 is 0 Å². The summed E-state index contributed by atoms with van der Waals surface area (Å²) in [5.74, 6) is -0.678. The summed E-state index contributed by atoms with van der Waals surface area (Å²) in [6, 6.07) is 13.6. The van der Waals surface area contributed by atoms with Gasteiger partial charge in [0, 0.05) is 48.2 Å². The number of benzene rings is 4. The second-order valence-electron chi connectivity index (χ2n) is 13.6. The van der Waals surface area contributed by atoms with E-state index in [2.05, 4.69) is 13.2 Å². The molecule has 1 saturated heterocycles. The average Bonchev–Trinajstić information content (AvgIpc) is 4.02. The Morgan fingerprint density at radius 3 is 1.69 bits per heavy atom. The molecule has 3 heterocycles. The molecule has 0 aromatic heterocycles. The van der Waals surface area contributed by atoms with E-state index in [-0.39, 0.29) is 77.8 Å². The van der Waals surface area contributed by atoms with Crippen molar-refractivity contribution in [3.8, 4) is 57.5 Å². The van der Waals surface area contributed by atoms with Gasteiger partial charge >= 0.3 is 0 Å². The maximum atomic E-state index is 10.6. The zero-order valence-electron chi connectivity index (χ0n) is 31.4. The van der Waals surface area contributed by atoms with Gasteiger partial charge in [-0.1, -0.05) is 24.3 Å². The Bertz CT molecular complexity index is 2010. The van der Waals surface area contributed by atoms with E-state index >= 15 is 0 Å². The summed E-state index contributed by atoms with van der Waals surface area (Å²) in [7, 11) is 0. The van der Waals surface area contributed by atoms with Crippen LogP contribution in [-0.2, 0) is 27.1 Å². The van der Waals surface area contributed by atoms with Gasteiger partial charge in [0.15, 0.2) is 23.0 Å². The number of phenolic OH excluding ortho intramolecular Hbond substituents is 7. The quantitative estimate of drug-likeness (QED) is 0.0397. The molecule has 0 amide bonds. The molecule has 0 bridgehead atoms. The first kappa shape index (κ1) is 43.2. The SMILES string of the molecule is C=CCOCC(O)COc1cc(O)cc2c1CC(O)C(c1ccc(O)c(O)c1)O2.C=CCOCC1CO1.Oc1cc(O)c2c(c1)OC(c1ccc(O)c(O)c1)C(O)C2. The van der Waals surface area contributed by atoms with Crippen LogP contribution >= 0.6 is 0 Å². The lowest BCUT2D eigenvalue weighted by atomic mass is 9.94. The van der Waals surface area contributed by atoms with Crippen molar-refractivity contribution in [2.45, 2.75) is 49.5 Å². The van der Waals surface area contributed by atoms with Gasteiger partial charge in [-0.3, -0.25) is 0 Å². The number of ether oxygens (including phenoxy) is 6. The minimum atomic E-state index is -0.959.